The Hall–Kier alpha value is -1.85. The fourth-order valence-corrected chi connectivity index (χ4v) is 3.90. The van der Waals surface area contributed by atoms with Gasteiger partial charge in [-0.3, -0.25) is 14.3 Å². The summed E-state index contributed by atoms with van der Waals surface area (Å²) in [5.74, 6) is 0.0477. The summed E-state index contributed by atoms with van der Waals surface area (Å²) in [7, 11) is 0. The largest absolute Gasteiger partial charge is 0.452 e. The Morgan fingerprint density at radius 2 is 1.93 bits per heavy atom. The van der Waals surface area contributed by atoms with Crippen LogP contribution < -0.4 is 0 Å². The van der Waals surface area contributed by atoms with Crippen molar-refractivity contribution in [3.63, 3.8) is 0 Å². The molecule has 0 bridgehead atoms. The normalized spacial score (nSPS) is 18.6. The van der Waals surface area contributed by atoms with Crippen molar-refractivity contribution >= 4 is 11.9 Å². The highest BCUT2D eigenvalue weighted by atomic mass is 16.5. The predicted octanol–water partition coefficient (Wildman–Crippen LogP) is 3.42. The quantitative estimate of drug-likeness (QED) is 0.683. The van der Waals surface area contributed by atoms with Crippen LogP contribution in [0, 0.1) is 19.8 Å². The molecule has 1 fully saturated rings. The molecule has 1 aliphatic rings. The lowest BCUT2D eigenvalue weighted by molar-refractivity contribution is -0.160. The summed E-state index contributed by atoms with van der Waals surface area (Å²) < 4.78 is 7.45. The van der Waals surface area contributed by atoms with Gasteiger partial charge in [-0.05, 0) is 52.4 Å². The van der Waals surface area contributed by atoms with Crippen LogP contribution in [0.4, 0.5) is 0 Å². The van der Waals surface area contributed by atoms with E-state index in [9.17, 15) is 9.59 Å². The SMILES string of the molecule is CCC1CCCCN1C(=O)C(C)OC(=O)Cc1c(C)nn(CC(C)C)c1C. The molecule has 0 aromatic carbocycles. The first-order chi connectivity index (χ1) is 12.7. The van der Waals surface area contributed by atoms with E-state index in [1.807, 2.05) is 23.4 Å². The van der Waals surface area contributed by atoms with E-state index in [0.29, 0.717) is 5.92 Å². The second kappa shape index (κ2) is 9.38. The molecule has 27 heavy (non-hydrogen) atoms. The topological polar surface area (TPSA) is 64.4 Å². The molecule has 1 aromatic heterocycles. The highest BCUT2D eigenvalue weighted by Gasteiger charge is 2.30. The lowest BCUT2D eigenvalue weighted by Gasteiger charge is -2.36. The maximum atomic E-state index is 12.7. The van der Waals surface area contributed by atoms with Crippen molar-refractivity contribution < 1.29 is 14.3 Å². The molecule has 6 heteroatoms. The van der Waals surface area contributed by atoms with Gasteiger partial charge in [0.25, 0.3) is 5.91 Å². The van der Waals surface area contributed by atoms with E-state index in [2.05, 4.69) is 25.9 Å². The van der Waals surface area contributed by atoms with Gasteiger partial charge >= 0.3 is 5.97 Å². The maximum absolute atomic E-state index is 12.7. The van der Waals surface area contributed by atoms with Gasteiger partial charge in [0.2, 0.25) is 0 Å². The summed E-state index contributed by atoms with van der Waals surface area (Å²) in [6.45, 7) is 13.6. The minimum Gasteiger partial charge on any atom is -0.452 e. The predicted molar refractivity (Wildman–Crippen MR) is 105 cm³/mol. The second-order valence-electron chi connectivity index (χ2n) is 8.12. The van der Waals surface area contributed by atoms with E-state index in [1.165, 1.54) is 0 Å². The molecule has 2 atom stereocenters. The monoisotopic (exact) mass is 377 g/mol. The van der Waals surface area contributed by atoms with Crippen LogP contribution in [0.5, 0.6) is 0 Å². The third-order valence-electron chi connectivity index (χ3n) is 5.43. The molecule has 2 rings (SSSR count). The third-order valence-corrected chi connectivity index (χ3v) is 5.43. The zero-order valence-corrected chi connectivity index (χ0v) is 17.7. The Labute approximate surface area is 163 Å². The summed E-state index contributed by atoms with van der Waals surface area (Å²) >= 11 is 0. The van der Waals surface area contributed by atoms with E-state index in [0.717, 1.165) is 55.7 Å². The van der Waals surface area contributed by atoms with Crippen LogP contribution >= 0.6 is 0 Å². The van der Waals surface area contributed by atoms with Gasteiger partial charge in [-0.1, -0.05) is 20.8 Å². The molecule has 0 aliphatic carbocycles. The van der Waals surface area contributed by atoms with Gasteiger partial charge in [0.1, 0.15) is 0 Å². The first-order valence-corrected chi connectivity index (χ1v) is 10.3. The number of ether oxygens (including phenoxy) is 1. The zero-order valence-electron chi connectivity index (χ0n) is 17.7. The summed E-state index contributed by atoms with van der Waals surface area (Å²) in [5.41, 5.74) is 2.76. The molecule has 1 amide bonds. The molecule has 152 valence electrons. The van der Waals surface area contributed by atoms with E-state index in [1.54, 1.807) is 6.92 Å². The number of nitrogens with zero attached hydrogens (tertiary/aromatic N) is 3. The standard InChI is InChI=1S/C21H35N3O3/c1-7-18-10-8-9-11-23(18)21(26)17(6)27-20(25)12-19-15(4)22-24(16(19)5)13-14(2)3/h14,17-18H,7-13H2,1-6H3. The molecule has 0 radical (unpaired) electrons. The highest BCUT2D eigenvalue weighted by molar-refractivity contribution is 5.84. The summed E-state index contributed by atoms with van der Waals surface area (Å²) in [5, 5.41) is 4.55. The Bertz CT molecular complexity index is 666. The van der Waals surface area contributed by atoms with Gasteiger partial charge in [-0.15, -0.1) is 0 Å². The van der Waals surface area contributed by atoms with Crippen LogP contribution in [0.15, 0.2) is 0 Å². The van der Waals surface area contributed by atoms with E-state index in [4.69, 9.17) is 4.74 Å². The molecule has 2 heterocycles. The molecular weight excluding hydrogens is 342 g/mol. The molecule has 1 aliphatic heterocycles. The Balaban J connectivity index is 1.99. The summed E-state index contributed by atoms with van der Waals surface area (Å²) in [4.78, 5) is 27.1. The number of hydrogen-bond acceptors (Lipinski definition) is 4. The van der Waals surface area contributed by atoms with Crippen molar-refractivity contribution in [1.82, 2.24) is 14.7 Å². The van der Waals surface area contributed by atoms with E-state index in [-0.39, 0.29) is 24.3 Å². The molecule has 1 aromatic rings. The third kappa shape index (κ3) is 5.33. The number of carbonyl (C=O) groups excluding carboxylic acids is 2. The molecule has 6 nitrogen and oxygen atoms in total. The Morgan fingerprint density at radius 3 is 2.56 bits per heavy atom. The van der Waals surface area contributed by atoms with Crippen LogP contribution in [0.2, 0.25) is 0 Å². The zero-order chi connectivity index (χ0) is 20.1. The average molecular weight is 378 g/mol. The van der Waals surface area contributed by atoms with Crippen LogP contribution in [0.1, 0.15) is 70.3 Å². The molecule has 0 spiro atoms. The molecule has 0 N–H and O–H groups in total. The van der Waals surface area contributed by atoms with Gasteiger partial charge < -0.3 is 9.64 Å². The fraction of sp³-hybridized carbons (Fsp3) is 0.762. The number of aryl methyl sites for hydroxylation is 1. The number of piperidine rings is 1. The Kier molecular flexibility index (Phi) is 7.45. The number of aromatic nitrogens is 2. The van der Waals surface area contributed by atoms with Crippen LogP contribution in [0.3, 0.4) is 0 Å². The van der Waals surface area contributed by atoms with Gasteiger partial charge in [0.05, 0.1) is 12.1 Å². The number of esters is 1. The first kappa shape index (κ1) is 21.5. The van der Waals surface area contributed by atoms with Crippen molar-refractivity contribution in [3.05, 3.63) is 17.0 Å². The fourth-order valence-electron chi connectivity index (χ4n) is 3.90. The van der Waals surface area contributed by atoms with Crippen LogP contribution in [0.25, 0.3) is 0 Å². The van der Waals surface area contributed by atoms with E-state index < -0.39 is 6.10 Å². The maximum Gasteiger partial charge on any atom is 0.311 e. The number of likely N-dealkylation sites (tertiary alicyclic amines) is 1. The van der Waals surface area contributed by atoms with Crippen molar-refractivity contribution in [3.8, 4) is 0 Å². The molecule has 0 saturated carbocycles. The minimum atomic E-state index is -0.740. The Morgan fingerprint density at radius 1 is 1.22 bits per heavy atom. The molecular formula is C21H35N3O3. The van der Waals surface area contributed by atoms with Crippen LogP contribution in [-0.4, -0.2) is 45.2 Å². The second-order valence-corrected chi connectivity index (χ2v) is 8.12. The summed E-state index contributed by atoms with van der Waals surface area (Å²) in [6, 6.07) is 0.270. The van der Waals surface area contributed by atoms with Crippen molar-refractivity contribution in [2.45, 2.75) is 92.3 Å². The lowest BCUT2D eigenvalue weighted by atomic mass is 9.99. The van der Waals surface area contributed by atoms with Gasteiger partial charge in [-0.25, -0.2) is 0 Å². The van der Waals surface area contributed by atoms with Crippen molar-refractivity contribution in [1.29, 1.82) is 0 Å². The highest BCUT2D eigenvalue weighted by Crippen LogP contribution is 2.21. The minimum absolute atomic E-state index is 0.0705. The molecule has 1 saturated heterocycles. The van der Waals surface area contributed by atoms with E-state index >= 15 is 0 Å². The number of amides is 1. The average Bonchev–Trinajstić information content (AvgIpc) is 2.87. The number of carbonyl (C=O) groups is 2. The molecule has 2 unspecified atom stereocenters. The number of rotatable bonds is 7. The van der Waals surface area contributed by atoms with Gasteiger partial charge in [0, 0.05) is 30.4 Å². The lowest BCUT2D eigenvalue weighted by Crippen LogP contribution is -2.48. The van der Waals surface area contributed by atoms with Gasteiger partial charge in [0.15, 0.2) is 6.10 Å². The smallest absolute Gasteiger partial charge is 0.311 e. The van der Waals surface area contributed by atoms with Crippen molar-refractivity contribution in [2.24, 2.45) is 5.92 Å². The first-order valence-electron chi connectivity index (χ1n) is 10.3. The number of hydrogen-bond donors (Lipinski definition) is 0. The summed E-state index contributed by atoms with van der Waals surface area (Å²) in [6.07, 6.45) is 3.59. The van der Waals surface area contributed by atoms with Crippen molar-refractivity contribution in [2.75, 3.05) is 6.54 Å². The van der Waals surface area contributed by atoms with Gasteiger partial charge in [-0.2, -0.15) is 5.10 Å². The van der Waals surface area contributed by atoms with Crippen LogP contribution in [-0.2, 0) is 27.3 Å².